The second-order valence-electron chi connectivity index (χ2n) is 3.80. The molecule has 0 aromatic heterocycles. The van der Waals surface area contributed by atoms with Crippen LogP contribution in [0.4, 0.5) is 0 Å². The van der Waals surface area contributed by atoms with Crippen molar-refractivity contribution in [3.8, 4) is 0 Å². The third-order valence-electron chi connectivity index (χ3n) is 2.44. The van der Waals surface area contributed by atoms with Gasteiger partial charge in [-0.2, -0.15) is 0 Å². The second-order valence-corrected chi connectivity index (χ2v) is 3.80. The summed E-state index contributed by atoms with van der Waals surface area (Å²) in [4.78, 5) is 0. The zero-order valence-electron chi connectivity index (χ0n) is 9.29. The van der Waals surface area contributed by atoms with E-state index in [0.717, 1.165) is 0 Å². The van der Waals surface area contributed by atoms with E-state index in [2.05, 4.69) is 50.3 Å². The van der Waals surface area contributed by atoms with Crippen LogP contribution < -0.4 is 0 Å². The maximum Gasteiger partial charge on any atom is -0.0279 e. The highest BCUT2D eigenvalue weighted by Crippen LogP contribution is 2.08. The largest absolute Gasteiger partial charge is 0.0917 e. The van der Waals surface area contributed by atoms with Crippen LogP contribution in [0.5, 0.6) is 0 Å². The van der Waals surface area contributed by atoms with Crippen molar-refractivity contribution in [2.24, 2.45) is 0 Å². The Hall–Kier alpha value is -1.04. The lowest BCUT2D eigenvalue weighted by Crippen LogP contribution is -1.85. The van der Waals surface area contributed by atoms with Gasteiger partial charge in [-0.3, -0.25) is 0 Å². The molecule has 14 heavy (non-hydrogen) atoms. The average Bonchev–Trinajstić information content (AvgIpc) is 2.21. The fraction of sp³-hybridized carbons (Fsp3) is 0.429. The van der Waals surface area contributed by atoms with Crippen LogP contribution in [0.1, 0.15) is 37.3 Å². The Morgan fingerprint density at radius 3 is 2.43 bits per heavy atom. The Labute approximate surface area is 87.7 Å². The molecule has 0 amide bonds. The lowest BCUT2D eigenvalue weighted by molar-refractivity contribution is 0.747. The average molecular weight is 188 g/mol. The van der Waals surface area contributed by atoms with E-state index in [1.165, 1.54) is 36.8 Å². The molecular weight excluding hydrogens is 168 g/mol. The lowest BCUT2D eigenvalue weighted by Gasteiger charge is -2.00. The van der Waals surface area contributed by atoms with E-state index in [1.807, 2.05) is 0 Å². The Morgan fingerprint density at radius 2 is 1.79 bits per heavy atom. The summed E-state index contributed by atoms with van der Waals surface area (Å²) < 4.78 is 0. The Morgan fingerprint density at radius 1 is 1.07 bits per heavy atom. The molecule has 1 rings (SSSR count). The molecule has 76 valence electrons. The molecule has 0 atom stereocenters. The molecule has 1 aromatic carbocycles. The van der Waals surface area contributed by atoms with Gasteiger partial charge in [-0.05, 0) is 45.1 Å². The zero-order chi connectivity index (χ0) is 10.2. The molecule has 0 bridgehead atoms. The van der Waals surface area contributed by atoms with Crippen LogP contribution in [0.2, 0.25) is 0 Å². The van der Waals surface area contributed by atoms with Crippen molar-refractivity contribution in [2.75, 3.05) is 0 Å². The van der Waals surface area contributed by atoms with Gasteiger partial charge in [-0.15, -0.1) is 0 Å². The summed E-state index contributed by atoms with van der Waals surface area (Å²) in [5.74, 6) is 0. The molecular formula is C14H20. The molecule has 0 saturated carbocycles. The first-order valence-electron chi connectivity index (χ1n) is 5.49. The van der Waals surface area contributed by atoms with E-state index in [-0.39, 0.29) is 0 Å². The molecule has 0 aliphatic rings. The van der Waals surface area contributed by atoms with Gasteiger partial charge in [0.1, 0.15) is 0 Å². The second kappa shape index (κ2) is 6.42. The van der Waals surface area contributed by atoms with Crippen LogP contribution >= 0.6 is 0 Å². The van der Waals surface area contributed by atoms with Crippen LogP contribution in [0, 0.1) is 6.92 Å². The van der Waals surface area contributed by atoms with Crippen LogP contribution in [-0.2, 0) is 6.42 Å². The Balaban J connectivity index is 2.21. The summed E-state index contributed by atoms with van der Waals surface area (Å²) in [6, 6.07) is 8.87. The summed E-state index contributed by atoms with van der Waals surface area (Å²) >= 11 is 0. The monoisotopic (exact) mass is 188 g/mol. The molecule has 0 radical (unpaired) electrons. The molecule has 0 nitrogen and oxygen atoms in total. The zero-order valence-corrected chi connectivity index (χ0v) is 9.29. The minimum absolute atomic E-state index is 1.22. The predicted octanol–water partition coefficient (Wildman–Crippen LogP) is 4.28. The van der Waals surface area contributed by atoms with Crippen molar-refractivity contribution in [1.82, 2.24) is 0 Å². The SMILES string of the molecule is CC=CCCCCc1ccc(C)cc1. The number of unbranched alkanes of at least 4 members (excludes halogenated alkanes) is 2. The molecule has 0 aliphatic carbocycles. The van der Waals surface area contributed by atoms with Gasteiger partial charge in [0.05, 0.1) is 0 Å². The third-order valence-corrected chi connectivity index (χ3v) is 2.44. The summed E-state index contributed by atoms with van der Waals surface area (Å²) in [7, 11) is 0. The van der Waals surface area contributed by atoms with E-state index in [1.54, 1.807) is 0 Å². The van der Waals surface area contributed by atoms with Crippen molar-refractivity contribution in [3.63, 3.8) is 0 Å². The van der Waals surface area contributed by atoms with Crippen LogP contribution in [0.3, 0.4) is 0 Å². The van der Waals surface area contributed by atoms with Crippen molar-refractivity contribution < 1.29 is 0 Å². The molecule has 1 aromatic rings. The smallest absolute Gasteiger partial charge is 0.0279 e. The van der Waals surface area contributed by atoms with Crippen LogP contribution in [-0.4, -0.2) is 0 Å². The molecule has 0 aliphatic heterocycles. The predicted molar refractivity (Wildman–Crippen MR) is 63.5 cm³/mol. The number of hydrogen-bond donors (Lipinski definition) is 0. The fourth-order valence-electron chi connectivity index (χ4n) is 1.51. The summed E-state index contributed by atoms with van der Waals surface area (Å²) in [6.07, 6.45) is 9.42. The van der Waals surface area contributed by atoms with Gasteiger partial charge in [-0.1, -0.05) is 42.0 Å². The topological polar surface area (TPSA) is 0 Å². The highest BCUT2D eigenvalue weighted by molar-refractivity contribution is 5.21. The molecule has 0 N–H and O–H groups in total. The maximum absolute atomic E-state index is 2.25. The maximum atomic E-state index is 2.25. The van der Waals surface area contributed by atoms with Gasteiger partial charge in [-0.25, -0.2) is 0 Å². The number of rotatable bonds is 5. The first-order valence-corrected chi connectivity index (χ1v) is 5.49. The van der Waals surface area contributed by atoms with Gasteiger partial charge in [0.15, 0.2) is 0 Å². The van der Waals surface area contributed by atoms with Crippen molar-refractivity contribution in [3.05, 3.63) is 47.5 Å². The molecule has 0 heteroatoms. The van der Waals surface area contributed by atoms with Gasteiger partial charge in [0.2, 0.25) is 0 Å². The number of allylic oxidation sites excluding steroid dienone is 2. The normalized spacial score (nSPS) is 11.0. The van der Waals surface area contributed by atoms with E-state index in [4.69, 9.17) is 0 Å². The molecule has 0 spiro atoms. The first-order chi connectivity index (χ1) is 6.83. The van der Waals surface area contributed by atoms with Gasteiger partial charge in [0, 0.05) is 0 Å². The van der Waals surface area contributed by atoms with Crippen molar-refractivity contribution in [1.29, 1.82) is 0 Å². The lowest BCUT2D eigenvalue weighted by atomic mass is 10.1. The highest BCUT2D eigenvalue weighted by Gasteiger charge is 1.92. The number of aryl methyl sites for hydroxylation is 2. The van der Waals surface area contributed by atoms with Crippen LogP contribution in [0.25, 0.3) is 0 Å². The molecule has 0 saturated heterocycles. The fourth-order valence-corrected chi connectivity index (χ4v) is 1.51. The van der Waals surface area contributed by atoms with E-state index < -0.39 is 0 Å². The quantitative estimate of drug-likeness (QED) is 0.478. The minimum Gasteiger partial charge on any atom is -0.0917 e. The number of benzene rings is 1. The van der Waals surface area contributed by atoms with Crippen molar-refractivity contribution in [2.45, 2.75) is 39.5 Å². The summed E-state index contributed by atoms with van der Waals surface area (Å²) in [6.45, 7) is 4.22. The van der Waals surface area contributed by atoms with Gasteiger partial charge >= 0.3 is 0 Å². The van der Waals surface area contributed by atoms with Gasteiger partial charge < -0.3 is 0 Å². The third kappa shape index (κ3) is 4.27. The minimum atomic E-state index is 1.22. The Kier molecular flexibility index (Phi) is 5.06. The van der Waals surface area contributed by atoms with Crippen LogP contribution in [0.15, 0.2) is 36.4 Å². The molecule has 0 fully saturated rings. The van der Waals surface area contributed by atoms with E-state index >= 15 is 0 Å². The van der Waals surface area contributed by atoms with Gasteiger partial charge in [0.25, 0.3) is 0 Å². The van der Waals surface area contributed by atoms with E-state index in [0.29, 0.717) is 0 Å². The molecule has 0 unspecified atom stereocenters. The van der Waals surface area contributed by atoms with Crippen molar-refractivity contribution >= 4 is 0 Å². The Bertz CT molecular complexity index is 267. The number of hydrogen-bond acceptors (Lipinski definition) is 0. The summed E-state index contributed by atoms with van der Waals surface area (Å²) in [5.41, 5.74) is 2.82. The summed E-state index contributed by atoms with van der Waals surface area (Å²) in [5, 5.41) is 0. The standard InChI is InChI=1S/C14H20/c1-3-4-5-6-7-8-14-11-9-13(2)10-12-14/h3-4,9-12H,5-8H2,1-2H3. The highest BCUT2D eigenvalue weighted by atomic mass is 14.0. The van der Waals surface area contributed by atoms with E-state index in [9.17, 15) is 0 Å². The first kappa shape index (κ1) is 11.0. The molecule has 0 heterocycles.